The Morgan fingerprint density at radius 1 is 0.960 bits per heavy atom. The third-order valence-corrected chi connectivity index (χ3v) is 12.3. The molecule has 0 aromatic heterocycles. The van der Waals surface area contributed by atoms with Gasteiger partial charge in [-0.1, -0.05) is 48.3 Å². The molecule has 3 N–H and O–H groups in total. The van der Waals surface area contributed by atoms with Crippen molar-refractivity contribution in [2.45, 2.75) is 149 Å². The molecular weight excluding hydrogens is 636 g/mol. The molecule has 9 nitrogen and oxygen atoms in total. The van der Waals surface area contributed by atoms with Gasteiger partial charge in [0.05, 0.1) is 36.4 Å². The van der Waals surface area contributed by atoms with Crippen LogP contribution < -0.4 is 0 Å². The van der Waals surface area contributed by atoms with E-state index in [0.717, 1.165) is 16.7 Å². The summed E-state index contributed by atoms with van der Waals surface area (Å²) in [6.45, 7) is 14.5. The summed E-state index contributed by atoms with van der Waals surface area (Å²) in [6, 6.07) is 0. The van der Waals surface area contributed by atoms with Crippen molar-refractivity contribution < 1.29 is 44.0 Å². The second-order valence-corrected chi connectivity index (χ2v) is 16.5. The number of ketones is 3. The molecule has 4 aliphatic rings. The van der Waals surface area contributed by atoms with Crippen LogP contribution in [0, 0.1) is 29.1 Å². The van der Waals surface area contributed by atoms with Crippen LogP contribution in [0.5, 0.6) is 0 Å². The SMILES string of the molecule is COC(=O)[C@@]12CC(=O)/C=C(/C)CC/C=C(\C)C(=O)C[C@@H](C(C)C)C(=O)[C@H]1CC(C)=C1C[C@H](O)[C@](C)(O)[C@H]3CC[C@@](C)(O)[C@H](CC/C(C)=C/[C@@H]12)O3. The van der Waals surface area contributed by atoms with Gasteiger partial charge in [0, 0.05) is 30.6 Å². The summed E-state index contributed by atoms with van der Waals surface area (Å²) in [4.78, 5) is 57.2. The summed E-state index contributed by atoms with van der Waals surface area (Å²) < 4.78 is 11.9. The number of methoxy groups -OCH3 is 1. The quantitative estimate of drug-likeness (QED) is 0.231. The van der Waals surface area contributed by atoms with E-state index in [0.29, 0.717) is 49.7 Å². The molecule has 0 amide bonds. The van der Waals surface area contributed by atoms with Crippen molar-refractivity contribution in [3.8, 4) is 0 Å². The minimum absolute atomic E-state index is 0.00517. The number of aliphatic hydroxyl groups is 3. The van der Waals surface area contributed by atoms with Gasteiger partial charge < -0.3 is 24.8 Å². The van der Waals surface area contributed by atoms with Gasteiger partial charge in [0.2, 0.25) is 0 Å². The van der Waals surface area contributed by atoms with Crippen LogP contribution >= 0.6 is 0 Å². The molecule has 0 aromatic rings. The fraction of sp³-hybridized carbons (Fsp3) is 0.707. The van der Waals surface area contributed by atoms with Crippen LogP contribution in [-0.2, 0) is 28.7 Å². The maximum Gasteiger partial charge on any atom is 0.313 e. The summed E-state index contributed by atoms with van der Waals surface area (Å²) in [6.07, 6.45) is 5.21. The van der Waals surface area contributed by atoms with E-state index in [1.54, 1.807) is 26.8 Å². The highest BCUT2D eigenvalue weighted by Gasteiger charge is 2.60. The van der Waals surface area contributed by atoms with Gasteiger partial charge in [0.25, 0.3) is 0 Å². The number of hydrogen-bond acceptors (Lipinski definition) is 9. The summed E-state index contributed by atoms with van der Waals surface area (Å²) in [7, 11) is 1.27. The highest BCUT2D eigenvalue weighted by Crippen LogP contribution is 2.56. The summed E-state index contributed by atoms with van der Waals surface area (Å²) in [5.74, 6) is -4.11. The van der Waals surface area contributed by atoms with Crippen LogP contribution in [-0.4, -0.2) is 75.3 Å². The standard InChI is InChI=1S/C41H60O9/c1-23(2)29-20-33(43)26(5)12-10-11-24(3)17-28(42)22-41(38(46)49-9)31-18-25(4)13-14-35-39(7,47)16-15-36(50-35)40(8,48)34(44)21-30(31)27(6)19-32(41)37(29)45/h12,17-18,23,29,31-32,34-36,44,47-48H,10-11,13-16,19-22H2,1-9H3/b24-17-,25-18+,26-12+/t29-,31-,32+,34-,35-,36+,39+,40-,41+/m0/s1. The van der Waals surface area contributed by atoms with Gasteiger partial charge in [-0.3, -0.25) is 19.2 Å². The predicted molar refractivity (Wildman–Crippen MR) is 191 cm³/mol. The molecule has 0 saturated carbocycles. The summed E-state index contributed by atoms with van der Waals surface area (Å²) >= 11 is 0. The number of rotatable bonds is 2. The zero-order valence-electron chi connectivity index (χ0n) is 31.6. The number of hydrogen-bond donors (Lipinski definition) is 3. The number of Topliss-reactive ketones (excluding diaryl/α,β-unsaturated/α-hetero) is 2. The average Bonchev–Trinajstić information content (AvgIpc) is 3.03. The molecule has 0 spiro atoms. The molecule has 0 unspecified atom stereocenters. The Balaban J connectivity index is 2.01. The Labute approximate surface area is 298 Å². The molecular formula is C41H60O9. The number of esters is 1. The molecule has 0 aromatic carbocycles. The molecule has 1 fully saturated rings. The van der Waals surface area contributed by atoms with E-state index in [2.05, 4.69) is 0 Å². The third-order valence-electron chi connectivity index (χ3n) is 12.3. The molecule has 2 heterocycles. The highest BCUT2D eigenvalue weighted by molar-refractivity contribution is 6.01. The van der Waals surface area contributed by atoms with Gasteiger partial charge in [-0.2, -0.15) is 0 Å². The van der Waals surface area contributed by atoms with Crippen LogP contribution in [0.25, 0.3) is 0 Å². The topological polar surface area (TPSA) is 147 Å². The molecule has 9 heteroatoms. The maximum absolute atomic E-state index is 15.0. The largest absolute Gasteiger partial charge is 0.469 e. The van der Waals surface area contributed by atoms with Crippen molar-refractivity contribution in [2.75, 3.05) is 7.11 Å². The number of fused-ring (bicyclic) bond motifs is 5. The van der Waals surface area contributed by atoms with E-state index in [9.17, 15) is 29.7 Å². The van der Waals surface area contributed by atoms with Crippen LogP contribution in [0.15, 0.2) is 46.1 Å². The fourth-order valence-electron chi connectivity index (χ4n) is 8.84. The molecule has 278 valence electrons. The average molecular weight is 697 g/mol. The van der Waals surface area contributed by atoms with Gasteiger partial charge in [-0.25, -0.2) is 0 Å². The molecule has 4 rings (SSSR count). The van der Waals surface area contributed by atoms with E-state index >= 15 is 4.79 Å². The molecule has 2 aliphatic carbocycles. The Hall–Kier alpha value is -2.72. The van der Waals surface area contributed by atoms with Crippen molar-refractivity contribution in [3.05, 3.63) is 46.1 Å². The van der Waals surface area contributed by atoms with Gasteiger partial charge in [0.15, 0.2) is 11.6 Å². The minimum Gasteiger partial charge on any atom is -0.469 e. The van der Waals surface area contributed by atoms with E-state index in [1.165, 1.54) is 7.11 Å². The third kappa shape index (κ3) is 8.01. The second-order valence-electron chi connectivity index (χ2n) is 16.5. The molecule has 2 aliphatic heterocycles. The maximum atomic E-state index is 15.0. The molecule has 0 radical (unpaired) electrons. The summed E-state index contributed by atoms with van der Waals surface area (Å²) in [5.41, 5.74) is -0.821. The molecule has 1 saturated heterocycles. The first-order valence-electron chi connectivity index (χ1n) is 18.4. The van der Waals surface area contributed by atoms with Crippen LogP contribution in [0.3, 0.4) is 0 Å². The first kappa shape index (κ1) is 40.1. The van der Waals surface area contributed by atoms with Crippen molar-refractivity contribution in [2.24, 2.45) is 29.1 Å². The van der Waals surface area contributed by atoms with Crippen LogP contribution in [0.4, 0.5) is 0 Å². The lowest BCUT2D eigenvalue weighted by Gasteiger charge is -2.50. The number of carbonyl (C=O) groups excluding carboxylic acids is 4. The number of carbonyl (C=O) groups is 4. The lowest BCUT2D eigenvalue weighted by molar-refractivity contribution is -0.234. The predicted octanol–water partition coefficient (Wildman–Crippen LogP) is 6.09. The molecule has 50 heavy (non-hydrogen) atoms. The monoisotopic (exact) mass is 696 g/mol. The van der Waals surface area contributed by atoms with Crippen molar-refractivity contribution in [1.29, 1.82) is 0 Å². The van der Waals surface area contributed by atoms with Crippen LogP contribution in [0.2, 0.25) is 0 Å². The van der Waals surface area contributed by atoms with E-state index in [1.807, 2.05) is 46.8 Å². The molecule has 9 atom stereocenters. The lowest BCUT2D eigenvalue weighted by atomic mass is 9.52. The Bertz CT molecular complexity index is 1470. The Morgan fingerprint density at radius 2 is 1.64 bits per heavy atom. The Kier molecular flexibility index (Phi) is 12.4. The number of aliphatic hydroxyl groups excluding tert-OH is 1. The molecule has 2 bridgehead atoms. The first-order chi connectivity index (χ1) is 23.3. The fourth-order valence-corrected chi connectivity index (χ4v) is 8.84. The smallest absolute Gasteiger partial charge is 0.313 e. The van der Waals surface area contributed by atoms with Crippen LogP contribution in [0.1, 0.15) is 120 Å². The van der Waals surface area contributed by atoms with Gasteiger partial charge in [-0.15, -0.1) is 0 Å². The highest BCUT2D eigenvalue weighted by atomic mass is 16.5. The summed E-state index contributed by atoms with van der Waals surface area (Å²) in [5, 5.41) is 34.9. The van der Waals surface area contributed by atoms with E-state index < -0.39 is 58.7 Å². The number of ether oxygens (including phenoxy) is 2. The normalized spacial score (nSPS) is 41.5. The van der Waals surface area contributed by atoms with Crippen molar-refractivity contribution in [1.82, 2.24) is 0 Å². The van der Waals surface area contributed by atoms with Gasteiger partial charge in [-0.05, 0) is 110 Å². The van der Waals surface area contributed by atoms with Crippen molar-refractivity contribution in [3.63, 3.8) is 0 Å². The van der Waals surface area contributed by atoms with Gasteiger partial charge in [0.1, 0.15) is 11.4 Å². The Morgan fingerprint density at radius 3 is 2.28 bits per heavy atom. The van der Waals surface area contributed by atoms with E-state index in [-0.39, 0.29) is 49.0 Å². The number of allylic oxidation sites excluding steroid dienone is 7. The van der Waals surface area contributed by atoms with Gasteiger partial charge >= 0.3 is 5.97 Å². The first-order valence-corrected chi connectivity index (χ1v) is 18.4. The zero-order valence-corrected chi connectivity index (χ0v) is 31.6. The second kappa shape index (κ2) is 15.5. The van der Waals surface area contributed by atoms with Crippen molar-refractivity contribution >= 4 is 23.3 Å². The van der Waals surface area contributed by atoms with E-state index in [4.69, 9.17) is 9.47 Å². The lowest BCUT2D eigenvalue weighted by Crippen LogP contribution is -2.59. The minimum atomic E-state index is -1.71. The zero-order chi connectivity index (χ0) is 37.3.